The van der Waals surface area contributed by atoms with Crippen molar-refractivity contribution in [3.8, 4) is 0 Å². The molecule has 2 atom stereocenters. The first-order valence-electron chi connectivity index (χ1n) is 4.16. The lowest BCUT2D eigenvalue weighted by atomic mass is 10.2. The monoisotopic (exact) mass is 182 g/mol. The van der Waals surface area contributed by atoms with Gasteiger partial charge < -0.3 is 11.1 Å². The van der Waals surface area contributed by atoms with Crippen molar-refractivity contribution in [2.24, 2.45) is 5.73 Å². The van der Waals surface area contributed by atoms with Crippen molar-refractivity contribution in [1.82, 2.24) is 15.5 Å². The zero-order valence-electron chi connectivity index (χ0n) is 7.74. The SMILES string of the molecule is CC(NC(=O)[C@H](C)N)c1cn[nH]c1. The summed E-state index contributed by atoms with van der Waals surface area (Å²) in [4.78, 5) is 11.2. The van der Waals surface area contributed by atoms with Crippen molar-refractivity contribution >= 4 is 5.91 Å². The summed E-state index contributed by atoms with van der Waals surface area (Å²) >= 11 is 0. The van der Waals surface area contributed by atoms with E-state index in [1.54, 1.807) is 19.3 Å². The van der Waals surface area contributed by atoms with Crippen molar-refractivity contribution < 1.29 is 4.79 Å². The van der Waals surface area contributed by atoms with Crippen LogP contribution in [0.25, 0.3) is 0 Å². The molecule has 13 heavy (non-hydrogen) atoms. The number of nitrogens with zero attached hydrogens (tertiary/aromatic N) is 1. The lowest BCUT2D eigenvalue weighted by molar-refractivity contribution is -0.122. The Morgan fingerprint density at radius 2 is 2.38 bits per heavy atom. The summed E-state index contributed by atoms with van der Waals surface area (Å²) in [6.07, 6.45) is 3.41. The van der Waals surface area contributed by atoms with E-state index in [2.05, 4.69) is 15.5 Å². The first-order chi connectivity index (χ1) is 6.11. The fraction of sp³-hybridized carbons (Fsp3) is 0.500. The molecule has 1 aromatic heterocycles. The number of nitrogens with one attached hydrogen (secondary N) is 2. The number of hydrogen-bond acceptors (Lipinski definition) is 3. The van der Waals surface area contributed by atoms with Crippen LogP contribution in [-0.2, 0) is 4.79 Å². The van der Waals surface area contributed by atoms with Gasteiger partial charge in [0, 0.05) is 11.8 Å². The Labute approximate surface area is 76.7 Å². The molecular weight excluding hydrogens is 168 g/mol. The minimum absolute atomic E-state index is 0.0581. The van der Waals surface area contributed by atoms with E-state index in [-0.39, 0.29) is 11.9 Å². The number of aromatic amines is 1. The van der Waals surface area contributed by atoms with Gasteiger partial charge in [0.15, 0.2) is 0 Å². The van der Waals surface area contributed by atoms with E-state index in [0.717, 1.165) is 5.56 Å². The number of carbonyl (C=O) groups is 1. The fourth-order valence-corrected chi connectivity index (χ4v) is 0.926. The van der Waals surface area contributed by atoms with E-state index in [4.69, 9.17) is 5.73 Å². The maximum absolute atomic E-state index is 11.2. The summed E-state index contributed by atoms with van der Waals surface area (Å²) in [6.45, 7) is 3.53. The molecule has 0 aromatic carbocycles. The van der Waals surface area contributed by atoms with Crippen molar-refractivity contribution in [2.45, 2.75) is 25.9 Å². The summed E-state index contributed by atoms with van der Waals surface area (Å²) in [5, 5.41) is 9.23. The van der Waals surface area contributed by atoms with E-state index in [1.807, 2.05) is 6.92 Å². The maximum Gasteiger partial charge on any atom is 0.237 e. The highest BCUT2D eigenvalue weighted by Gasteiger charge is 2.12. The third-order valence-corrected chi connectivity index (χ3v) is 1.79. The van der Waals surface area contributed by atoms with Gasteiger partial charge in [-0.05, 0) is 13.8 Å². The Hall–Kier alpha value is -1.36. The molecule has 5 heteroatoms. The van der Waals surface area contributed by atoms with Gasteiger partial charge in [-0.1, -0.05) is 0 Å². The minimum Gasteiger partial charge on any atom is -0.348 e. The van der Waals surface area contributed by atoms with Crippen LogP contribution < -0.4 is 11.1 Å². The van der Waals surface area contributed by atoms with Gasteiger partial charge in [-0.3, -0.25) is 9.89 Å². The maximum atomic E-state index is 11.2. The molecule has 0 aliphatic carbocycles. The van der Waals surface area contributed by atoms with Crippen LogP contribution in [0.1, 0.15) is 25.5 Å². The second-order valence-corrected chi connectivity index (χ2v) is 3.05. The number of amides is 1. The second kappa shape index (κ2) is 4.04. The number of rotatable bonds is 3. The van der Waals surface area contributed by atoms with E-state index in [9.17, 15) is 4.79 Å². The molecule has 1 aromatic rings. The molecule has 4 N–H and O–H groups in total. The molecule has 0 saturated carbocycles. The van der Waals surface area contributed by atoms with Crippen molar-refractivity contribution in [3.63, 3.8) is 0 Å². The first kappa shape index (κ1) is 9.73. The molecule has 1 rings (SSSR count). The summed E-state index contributed by atoms with van der Waals surface area (Å²) in [5.41, 5.74) is 6.34. The zero-order chi connectivity index (χ0) is 9.84. The summed E-state index contributed by atoms with van der Waals surface area (Å²) in [5.74, 6) is -0.159. The predicted molar refractivity (Wildman–Crippen MR) is 48.8 cm³/mol. The molecular formula is C8H14N4O. The van der Waals surface area contributed by atoms with Crippen LogP contribution in [0.15, 0.2) is 12.4 Å². The second-order valence-electron chi connectivity index (χ2n) is 3.05. The smallest absolute Gasteiger partial charge is 0.237 e. The van der Waals surface area contributed by atoms with Gasteiger partial charge in [0.25, 0.3) is 0 Å². The van der Waals surface area contributed by atoms with Crippen LogP contribution in [0.4, 0.5) is 0 Å². The van der Waals surface area contributed by atoms with E-state index in [0.29, 0.717) is 0 Å². The lowest BCUT2D eigenvalue weighted by Gasteiger charge is -2.13. The Balaban J connectivity index is 2.51. The van der Waals surface area contributed by atoms with Crippen molar-refractivity contribution in [3.05, 3.63) is 18.0 Å². The molecule has 0 aliphatic rings. The standard InChI is InChI=1S/C8H14N4O/c1-5(9)8(13)12-6(2)7-3-10-11-4-7/h3-6H,9H2,1-2H3,(H,10,11)(H,12,13)/t5-,6?/m0/s1. The summed E-state index contributed by atoms with van der Waals surface area (Å²) < 4.78 is 0. The zero-order valence-corrected chi connectivity index (χ0v) is 7.74. The molecule has 1 unspecified atom stereocenters. The molecule has 5 nitrogen and oxygen atoms in total. The molecule has 0 bridgehead atoms. The number of carbonyl (C=O) groups excluding carboxylic acids is 1. The normalized spacial score (nSPS) is 15.0. The highest BCUT2D eigenvalue weighted by atomic mass is 16.2. The molecule has 0 saturated heterocycles. The molecule has 1 heterocycles. The van der Waals surface area contributed by atoms with Gasteiger partial charge in [0.1, 0.15) is 0 Å². The van der Waals surface area contributed by atoms with Gasteiger partial charge in [0.05, 0.1) is 18.3 Å². The highest BCUT2D eigenvalue weighted by Crippen LogP contribution is 2.08. The van der Waals surface area contributed by atoms with Gasteiger partial charge >= 0.3 is 0 Å². The highest BCUT2D eigenvalue weighted by molar-refractivity contribution is 5.81. The third kappa shape index (κ3) is 2.55. The number of aromatic nitrogens is 2. The Morgan fingerprint density at radius 1 is 1.69 bits per heavy atom. The minimum atomic E-state index is -0.477. The predicted octanol–water partition coefficient (Wildman–Crippen LogP) is -0.0659. The largest absolute Gasteiger partial charge is 0.348 e. The number of H-pyrrole nitrogens is 1. The quantitative estimate of drug-likeness (QED) is 0.612. The van der Waals surface area contributed by atoms with Crippen LogP contribution in [0, 0.1) is 0 Å². The Bertz CT molecular complexity index is 268. The van der Waals surface area contributed by atoms with E-state index >= 15 is 0 Å². The van der Waals surface area contributed by atoms with E-state index < -0.39 is 6.04 Å². The average molecular weight is 182 g/mol. The Morgan fingerprint density at radius 3 is 2.85 bits per heavy atom. The fourth-order valence-electron chi connectivity index (χ4n) is 0.926. The molecule has 0 spiro atoms. The Kier molecular flexibility index (Phi) is 3.02. The van der Waals surface area contributed by atoms with Gasteiger partial charge in [-0.25, -0.2) is 0 Å². The van der Waals surface area contributed by atoms with Crippen LogP contribution in [0.5, 0.6) is 0 Å². The van der Waals surface area contributed by atoms with Gasteiger partial charge in [-0.2, -0.15) is 5.10 Å². The molecule has 0 aliphatic heterocycles. The average Bonchev–Trinajstić information content (AvgIpc) is 2.55. The van der Waals surface area contributed by atoms with Crippen LogP contribution in [0.2, 0.25) is 0 Å². The van der Waals surface area contributed by atoms with Crippen molar-refractivity contribution in [2.75, 3.05) is 0 Å². The van der Waals surface area contributed by atoms with Crippen LogP contribution in [0.3, 0.4) is 0 Å². The van der Waals surface area contributed by atoms with Crippen molar-refractivity contribution in [1.29, 1.82) is 0 Å². The summed E-state index contributed by atoms with van der Waals surface area (Å²) in [6, 6.07) is -0.536. The summed E-state index contributed by atoms with van der Waals surface area (Å²) in [7, 11) is 0. The van der Waals surface area contributed by atoms with Gasteiger partial charge in [-0.15, -0.1) is 0 Å². The lowest BCUT2D eigenvalue weighted by Crippen LogP contribution is -2.39. The first-order valence-corrected chi connectivity index (χ1v) is 4.16. The number of nitrogens with two attached hydrogens (primary N) is 1. The molecule has 0 radical (unpaired) electrons. The van der Waals surface area contributed by atoms with Crippen LogP contribution >= 0.6 is 0 Å². The van der Waals surface area contributed by atoms with Gasteiger partial charge in [0.2, 0.25) is 5.91 Å². The topological polar surface area (TPSA) is 83.8 Å². The van der Waals surface area contributed by atoms with E-state index in [1.165, 1.54) is 0 Å². The molecule has 72 valence electrons. The van der Waals surface area contributed by atoms with Crippen LogP contribution in [-0.4, -0.2) is 22.1 Å². The molecule has 1 amide bonds. The third-order valence-electron chi connectivity index (χ3n) is 1.79. The number of hydrogen-bond donors (Lipinski definition) is 3. The molecule has 0 fully saturated rings.